The van der Waals surface area contributed by atoms with Gasteiger partial charge in [-0.25, -0.2) is 4.99 Å². The summed E-state index contributed by atoms with van der Waals surface area (Å²) in [4.78, 5) is 6.55. The van der Waals surface area contributed by atoms with Crippen LogP contribution in [0, 0.1) is 6.92 Å². The van der Waals surface area contributed by atoms with Crippen LogP contribution in [0.15, 0.2) is 29.3 Å². The number of rotatable bonds is 6. The zero-order valence-corrected chi connectivity index (χ0v) is 15.4. The van der Waals surface area contributed by atoms with Crippen LogP contribution < -0.4 is 10.5 Å². The Morgan fingerprint density at radius 3 is 2.67 bits per heavy atom. The molecule has 0 saturated heterocycles. The summed E-state index contributed by atoms with van der Waals surface area (Å²) >= 11 is 0. The summed E-state index contributed by atoms with van der Waals surface area (Å²) in [6, 6.07) is 8.66. The van der Waals surface area contributed by atoms with Crippen molar-refractivity contribution in [3.05, 3.63) is 29.8 Å². The van der Waals surface area contributed by atoms with E-state index >= 15 is 0 Å². The number of benzene rings is 1. The molecular formula is C16H26IN3O. The minimum atomic E-state index is 0. The molecule has 4 nitrogen and oxygen atoms in total. The van der Waals surface area contributed by atoms with E-state index in [4.69, 9.17) is 10.5 Å². The number of nitrogens with two attached hydrogens (primary N) is 1. The third kappa shape index (κ3) is 5.37. The van der Waals surface area contributed by atoms with Crippen LogP contribution in [0.2, 0.25) is 0 Å². The van der Waals surface area contributed by atoms with Crippen LogP contribution in [-0.2, 0) is 0 Å². The van der Waals surface area contributed by atoms with E-state index in [2.05, 4.69) is 29.8 Å². The molecule has 1 aliphatic carbocycles. The van der Waals surface area contributed by atoms with Crippen molar-refractivity contribution in [2.24, 2.45) is 10.7 Å². The summed E-state index contributed by atoms with van der Waals surface area (Å²) in [6.45, 7) is 4.77. The van der Waals surface area contributed by atoms with Gasteiger partial charge in [0, 0.05) is 13.1 Å². The van der Waals surface area contributed by atoms with Crippen molar-refractivity contribution in [3.63, 3.8) is 0 Å². The molecule has 0 heterocycles. The van der Waals surface area contributed by atoms with Gasteiger partial charge in [-0.15, -0.1) is 24.0 Å². The van der Waals surface area contributed by atoms with Crippen molar-refractivity contribution >= 4 is 29.9 Å². The highest BCUT2D eigenvalue weighted by atomic mass is 127. The molecule has 0 bridgehead atoms. The molecule has 1 fully saturated rings. The highest BCUT2D eigenvalue weighted by Crippen LogP contribution is 2.25. The lowest BCUT2D eigenvalue weighted by atomic mass is 10.2. The molecule has 1 aliphatic rings. The van der Waals surface area contributed by atoms with Crippen LogP contribution >= 0.6 is 24.0 Å². The first kappa shape index (κ1) is 18.1. The molecule has 1 aromatic carbocycles. The monoisotopic (exact) mass is 403 g/mol. The van der Waals surface area contributed by atoms with Crippen LogP contribution in [0.5, 0.6) is 5.75 Å². The summed E-state index contributed by atoms with van der Waals surface area (Å²) in [7, 11) is 2.01. The molecule has 21 heavy (non-hydrogen) atoms. The van der Waals surface area contributed by atoms with Crippen LogP contribution in [0.4, 0.5) is 0 Å². The van der Waals surface area contributed by atoms with Gasteiger partial charge in [0.15, 0.2) is 5.96 Å². The normalized spacial score (nSPS) is 16.0. The molecule has 0 radical (unpaired) electrons. The first-order valence-corrected chi connectivity index (χ1v) is 7.36. The number of para-hydroxylation sites is 1. The second-order valence-electron chi connectivity index (χ2n) is 5.45. The van der Waals surface area contributed by atoms with Gasteiger partial charge >= 0.3 is 0 Å². The Labute approximate surface area is 144 Å². The Morgan fingerprint density at radius 1 is 1.43 bits per heavy atom. The summed E-state index contributed by atoms with van der Waals surface area (Å²) in [5.74, 6) is 1.56. The minimum absolute atomic E-state index is 0. The van der Waals surface area contributed by atoms with E-state index in [0.29, 0.717) is 18.5 Å². The van der Waals surface area contributed by atoms with E-state index in [1.807, 2.05) is 25.2 Å². The van der Waals surface area contributed by atoms with Crippen LogP contribution in [0.25, 0.3) is 0 Å². The third-order valence-corrected chi connectivity index (χ3v) is 3.76. The van der Waals surface area contributed by atoms with Gasteiger partial charge in [0.05, 0.1) is 6.54 Å². The Hall–Kier alpha value is -0.980. The maximum atomic E-state index is 6.02. The van der Waals surface area contributed by atoms with Crippen molar-refractivity contribution in [3.8, 4) is 5.75 Å². The van der Waals surface area contributed by atoms with Gasteiger partial charge in [-0.05, 0) is 37.8 Å². The molecule has 0 aliphatic heterocycles. The molecule has 5 heteroatoms. The van der Waals surface area contributed by atoms with Crippen LogP contribution in [-0.4, -0.2) is 36.6 Å². The molecule has 1 saturated carbocycles. The summed E-state index contributed by atoms with van der Waals surface area (Å²) in [6.07, 6.45) is 3.44. The zero-order valence-electron chi connectivity index (χ0n) is 13.1. The van der Waals surface area contributed by atoms with Crippen molar-refractivity contribution in [1.29, 1.82) is 0 Å². The Morgan fingerprint density at radius 2 is 2.10 bits per heavy atom. The molecule has 2 rings (SSSR count). The fourth-order valence-electron chi connectivity index (χ4n) is 2.07. The average molecular weight is 403 g/mol. The molecule has 0 spiro atoms. The van der Waals surface area contributed by atoms with Gasteiger partial charge in [0.25, 0.3) is 0 Å². The fourth-order valence-corrected chi connectivity index (χ4v) is 2.07. The quantitative estimate of drug-likeness (QED) is 0.451. The number of nitrogens with zero attached hydrogens (tertiary/aromatic N) is 2. The van der Waals surface area contributed by atoms with Crippen molar-refractivity contribution < 1.29 is 4.74 Å². The second kappa shape index (κ2) is 8.46. The smallest absolute Gasteiger partial charge is 0.191 e. The molecule has 1 aromatic rings. The summed E-state index contributed by atoms with van der Waals surface area (Å²) in [5.41, 5.74) is 7.16. The van der Waals surface area contributed by atoms with Crippen molar-refractivity contribution in [1.82, 2.24) is 4.90 Å². The molecule has 118 valence electrons. The van der Waals surface area contributed by atoms with E-state index in [1.54, 1.807) is 0 Å². The van der Waals surface area contributed by atoms with Gasteiger partial charge in [-0.3, -0.25) is 0 Å². The predicted octanol–water partition coefficient (Wildman–Crippen LogP) is 3.18. The number of guanidine groups is 1. The number of halogens is 1. The molecular weight excluding hydrogens is 377 g/mol. The predicted molar refractivity (Wildman–Crippen MR) is 98.6 cm³/mol. The minimum Gasteiger partial charge on any atom is -0.488 e. The lowest BCUT2D eigenvalue weighted by Gasteiger charge is -2.20. The van der Waals surface area contributed by atoms with Gasteiger partial charge in [0.2, 0.25) is 0 Å². The van der Waals surface area contributed by atoms with Crippen LogP contribution in [0.3, 0.4) is 0 Å². The average Bonchev–Trinajstić information content (AvgIpc) is 3.28. The first-order valence-electron chi connectivity index (χ1n) is 7.36. The molecule has 1 atom stereocenters. The lowest BCUT2D eigenvalue weighted by molar-refractivity contribution is 0.204. The largest absolute Gasteiger partial charge is 0.488 e. The molecule has 0 aromatic heterocycles. The van der Waals surface area contributed by atoms with E-state index in [0.717, 1.165) is 17.7 Å². The first-order chi connectivity index (χ1) is 9.61. The van der Waals surface area contributed by atoms with Crippen molar-refractivity contribution in [2.75, 3.05) is 13.6 Å². The fraction of sp³-hybridized carbons (Fsp3) is 0.562. The third-order valence-electron chi connectivity index (χ3n) is 3.76. The topological polar surface area (TPSA) is 50.8 Å². The van der Waals surface area contributed by atoms with Gasteiger partial charge in [0.1, 0.15) is 11.9 Å². The van der Waals surface area contributed by atoms with Gasteiger partial charge in [-0.2, -0.15) is 0 Å². The molecule has 0 amide bonds. The number of ether oxygens (including phenoxy) is 1. The number of aliphatic imine (C=N–C) groups is 1. The van der Waals surface area contributed by atoms with E-state index in [9.17, 15) is 0 Å². The van der Waals surface area contributed by atoms with Crippen LogP contribution in [0.1, 0.15) is 31.7 Å². The second-order valence-corrected chi connectivity index (χ2v) is 5.45. The standard InChI is InChI=1S/C16H25N3O.HI/c1-4-14(20-15-8-6-5-7-12(15)2)11-18-16(17)19(3)13-9-10-13;/h5-8,13-14H,4,9-11H2,1-3H3,(H2,17,18);1H. The summed E-state index contributed by atoms with van der Waals surface area (Å²) < 4.78 is 6.02. The zero-order chi connectivity index (χ0) is 14.5. The van der Waals surface area contributed by atoms with Gasteiger partial charge < -0.3 is 15.4 Å². The van der Waals surface area contributed by atoms with Crippen molar-refractivity contribution in [2.45, 2.75) is 45.3 Å². The maximum absolute atomic E-state index is 6.02. The SMILES string of the molecule is CCC(CN=C(N)N(C)C1CC1)Oc1ccccc1C.I. The molecule has 2 N–H and O–H groups in total. The van der Waals surface area contributed by atoms with E-state index in [1.165, 1.54) is 12.8 Å². The summed E-state index contributed by atoms with van der Waals surface area (Å²) in [5, 5.41) is 0. The van der Waals surface area contributed by atoms with E-state index in [-0.39, 0.29) is 30.1 Å². The van der Waals surface area contributed by atoms with Gasteiger partial charge in [-0.1, -0.05) is 25.1 Å². The Balaban J connectivity index is 0.00000220. The van der Waals surface area contributed by atoms with E-state index < -0.39 is 0 Å². The highest BCUT2D eigenvalue weighted by Gasteiger charge is 2.27. The number of hydrogen-bond acceptors (Lipinski definition) is 2. The molecule has 1 unspecified atom stereocenters. The Kier molecular flexibility index (Phi) is 7.28. The number of aryl methyl sites for hydroxylation is 1. The number of hydrogen-bond donors (Lipinski definition) is 1. The lowest BCUT2D eigenvalue weighted by Crippen LogP contribution is -2.36. The Bertz CT molecular complexity index is 474. The highest BCUT2D eigenvalue weighted by molar-refractivity contribution is 14.0. The maximum Gasteiger partial charge on any atom is 0.191 e.